The Balaban J connectivity index is 1.97. The van der Waals surface area contributed by atoms with Gasteiger partial charge in [0, 0.05) is 12.1 Å². The molecule has 0 unspecified atom stereocenters. The molecule has 0 N–H and O–H groups in total. The summed E-state index contributed by atoms with van der Waals surface area (Å²) in [5, 5.41) is 2.40. The fraction of sp³-hybridized carbons (Fsp3) is 0.370. The van der Waals surface area contributed by atoms with Crippen LogP contribution in [0.25, 0.3) is 0 Å². The molecule has 39 heavy (non-hydrogen) atoms. The summed E-state index contributed by atoms with van der Waals surface area (Å²) in [5.41, 5.74) is -0.986. The zero-order valence-electron chi connectivity index (χ0n) is 22.2. The summed E-state index contributed by atoms with van der Waals surface area (Å²) in [7, 11) is 4.09. The number of nitrogens with zero attached hydrogens (tertiary/aromatic N) is 2. The van der Waals surface area contributed by atoms with E-state index in [4.69, 9.17) is 40.0 Å². The second kappa shape index (κ2) is 11.4. The first-order valence-corrected chi connectivity index (χ1v) is 12.5. The molecule has 2 aromatic rings. The second-order valence-corrected chi connectivity index (χ2v) is 8.84. The van der Waals surface area contributed by atoms with Crippen molar-refractivity contribution in [2.45, 2.75) is 32.2 Å². The van der Waals surface area contributed by atoms with Gasteiger partial charge in [0.25, 0.3) is 0 Å². The summed E-state index contributed by atoms with van der Waals surface area (Å²) in [6, 6.07) is 7.56. The Morgan fingerprint density at radius 1 is 0.974 bits per heavy atom. The van der Waals surface area contributed by atoms with E-state index in [1.54, 1.807) is 50.3 Å². The van der Waals surface area contributed by atoms with Crippen LogP contribution < -0.4 is 14.2 Å². The van der Waals surface area contributed by atoms with Crippen LogP contribution >= 0.6 is 11.6 Å². The first-order valence-electron chi connectivity index (χ1n) is 12.2. The van der Waals surface area contributed by atoms with Crippen molar-refractivity contribution in [3.05, 3.63) is 64.2 Å². The first-order chi connectivity index (χ1) is 18.8. The molecule has 12 heteroatoms. The Morgan fingerprint density at radius 2 is 1.64 bits per heavy atom. The summed E-state index contributed by atoms with van der Waals surface area (Å²) < 4.78 is 33.6. The Bertz CT molecular complexity index is 1300. The van der Waals surface area contributed by atoms with Gasteiger partial charge >= 0.3 is 12.2 Å². The SMILES string of the molecule is CCOC(=O)N1[C@@H]2C=C[C@@](OC)(C(=O)c3c2cc(OC)c(OC)c3OCc2ccc(Cl)cc2)N1C(=O)OCC. The highest BCUT2D eigenvalue weighted by Crippen LogP contribution is 2.52. The molecule has 2 heterocycles. The van der Waals surface area contributed by atoms with Crippen LogP contribution in [0.15, 0.2) is 42.5 Å². The lowest BCUT2D eigenvalue weighted by Crippen LogP contribution is -2.66. The number of Topliss-reactive ketones (excluding diaryl/α,β-unsaturated/α-hetero) is 1. The molecule has 2 bridgehead atoms. The maximum absolute atomic E-state index is 14.4. The van der Waals surface area contributed by atoms with E-state index in [9.17, 15) is 14.4 Å². The van der Waals surface area contributed by atoms with E-state index in [0.717, 1.165) is 15.6 Å². The molecule has 2 atom stereocenters. The van der Waals surface area contributed by atoms with Crippen molar-refractivity contribution in [1.82, 2.24) is 10.0 Å². The number of hydrogen-bond donors (Lipinski definition) is 0. The Morgan fingerprint density at radius 3 is 2.23 bits per heavy atom. The standard InChI is InChI=1S/C27H29ClN2O9/c1-6-37-25(32)29-19-12-13-27(36-5,30(29)26(33)38-7-2)24(31)21-18(19)14-20(34-3)22(35-4)23(21)39-15-16-8-10-17(28)11-9-16/h8-14,19H,6-7,15H2,1-5H3/t19-,27-/m1/s1. The number of methoxy groups -OCH3 is 3. The van der Waals surface area contributed by atoms with Gasteiger partial charge in [0.05, 0.1) is 33.0 Å². The number of halogens is 1. The van der Waals surface area contributed by atoms with E-state index in [1.165, 1.54) is 27.4 Å². The molecule has 0 spiro atoms. The lowest BCUT2D eigenvalue weighted by molar-refractivity contribution is -0.158. The molecule has 2 amide bonds. The average Bonchev–Trinajstić information content (AvgIpc) is 3.11. The summed E-state index contributed by atoms with van der Waals surface area (Å²) in [6.07, 6.45) is 1.12. The highest BCUT2D eigenvalue weighted by molar-refractivity contribution is 6.30. The van der Waals surface area contributed by atoms with E-state index >= 15 is 0 Å². The van der Waals surface area contributed by atoms with Gasteiger partial charge < -0.3 is 28.4 Å². The molecule has 0 fully saturated rings. The molecular formula is C27H29ClN2O9. The predicted octanol–water partition coefficient (Wildman–Crippen LogP) is 4.92. The summed E-state index contributed by atoms with van der Waals surface area (Å²) in [6.45, 7) is 3.28. The third-order valence-corrected chi connectivity index (χ3v) is 6.58. The van der Waals surface area contributed by atoms with Crippen LogP contribution in [-0.2, 0) is 20.8 Å². The number of hydrazine groups is 1. The van der Waals surface area contributed by atoms with E-state index in [-0.39, 0.29) is 42.6 Å². The van der Waals surface area contributed by atoms with E-state index in [2.05, 4.69) is 0 Å². The molecule has 3 aliphatic rings. The van der Waals surface area contributed by atoms with Gasteiger partial charge in [0.15, 0.2) is 11.5 Å². The Kier molecular flexibility index (Phi) is 8.22. The lowest BCUT2D eigenvalue weighted by Gasteiger charge is -2.46. The van der Waals surface area contributed by atoms with Gasteiger partial charge in [-0.1, -0.05) is 29.8 Å². The van der Waals surface area contributed by atoms with Crippen LogP contribution in [-0.4, -0.2) is 68.3 Å². The van der Waals surface area contributed by atoms with Gasteiger partial charge in [-0.05, 0) is 49.2 Å². The van der Waals surface area contributed by atoms with Crippen LogP contribution in [0.5, 0.6) is 17.2 Å². The zero-order valence-corrected chi connectivity index (χ0v) is 22.9. The maximum Gasteiger partial charge on any atom is 0.432 e. The van der Waals surface area contributed by atoms with Gasteiger partial charge in [0.1, 0.15) is 12.6 Å². The number of carbonyl (C=O) groups is 3. The average molecular weight is 561 g/mol. The third-order valence-electron chi connectivity index (χ3n) is 6.33. The quantitative estimate of drug-likeness (QED) is 0.415. The van der Waals surface area contributed by atoms with Crippen molar-refractivity contribution >= 4 is 29.6 Å². The highest BCUT2D eigenvalue weighted by Gasteiger charge is 2.59. The molecule has 5 rings (SSSR count). The van der Waals surface area contributed by atoms with Crippen LogP contribution in [0, 0.1) is 0 Å². The summed E-state index contributed by atoms with van der Waals surface area (Å²) in [4.78, 5) is 41.0. The summed E-state index contributed by atoms with van der Waals surface area (Å²) >= 11 is 6.01. The van der Waals surface area contributed by atoms with E-state index in [1.807, 2.05) is 0 Å². The minimum absolute atomic E-state index is 0.0155. The van der Waals surface area contributed by atoms with Crippen LogP contribution in [0.2, 0.25) is 5.02 Å². The predicted molar refractivity (Wildman–Crippen MR) is 139 cm³/mol. The van der Waals surface area contributed by atoms with E-state index < -0.39 is 29.7 Å². The van der Waals surface area contributed by atoms with Gasteiger partial charge in [0.2, 0.25) is 17.3 Å². The molecule has 0 aromatic heterocycles. The van der Waals surface area contributed by atoms with Crippen molar-refractivity contribution in [3.63, 3.8) is 0 Å². The van der Waals surface area contributed by atoms with Crippen LogP contribution in [0.4, 0.5) is 9.59 Å². The number of carbonyl (C=O) groups excluding carboxylic acids is 3. The highest BCUT2D eigenvalue weighted by atomic mass is 35.5. The van der Waals surface area contributed by atoms with Crippen molar-refractivity contribution < 1.29 is 42.8 Å². The molecule has 11 nitrogen and oxygen atoms in total. The Labute approximate surface area is 230 Å². The first kappa shape index (κ1) is 28.1. The van der Waals surface area contributed by atoms with Gasteiger partial charge in [-0.3, -0.25) is 4.79 Å². The number of ether oxygens (including phenoxy) is 6. The molecule has 2 aliphatic heterocycles. The normalized spacial score (nSPS) is 19.3. The molecule has 0 radical (unpaired) electrons. The Hall–Kier alpha value is -3.96. The lowest BCUT2D eigenvalue weighted by atomic mass is 9.95. The van der Waals surface area contributed by atoms with Crippen LogP contribution in [0.1, 0.15) is 41.4 Å². The number of hydrogen-bond acceptors (Lipinski definition) is 9. The van der Waals surface area contributed by atoms with Crippen LogP contribution in [0.3, 0.4) is 0 Å². The van der Waals surface area contributed by atoms with Gasteiger partial charge in [-0.15, -0.1) is 0 Å². The van der Waals surface area contributed by atoms with Crippen molar-refractivity contribution in [2.24, 2.45) is 0 Å². The fourth-order valence-corrected chi connectivity index (χ4v) is 4.73. The molecule has 0 saturated carbocycles. The maximum atomic E-state index is 14.4. The number of fused-ring (bicyclic) bond motifs is 1. The number of amides is 2. The van der Waals surface area contributed by atoms with Crippen molar-refractivity contribution in [3.8, 4) is 17.2 Å². The fourth-order valence-electron chi connectivity index (χ4n) is 4.61. The summed E-state index contributed by atoms with van der Waals surface area (Å²) in [5.74, 6) is -0.245. The molecule has 0 saturated heterocycles. The minimum atomic E-state index is -2.10. The molecule has 208 valence electrons. The topological polar surface area (TPSA) is 113 Å². The monoisotopic (exact) mass is 560 g/mol. The number of rotatable bonds is 8. The van der Waals surface area contributed by atoms with Crippen molar-refractivity contribution in [1.29, 1.82) is 0 Å². The van der Waals surface area contributed by atoms with Crippen molar-refractivity contribution in [2.75, 3.05) is 34.5 Å². The molecular weight excluding hydrogens is 532 g/mol. The smallest absolute Gasteiger partial charge is 0.432 e. The molecule has 2 aromatic carbocycles. The zero-order chi connectivity index (χ0) is 28.3. The van der Waals surface area contributed by atoms with E-state index in [0.29, 0.717) is 10.6 Å². The van der Waals surface area contributed by atoms with Gasteiger partial charge in [-0.2, -0.15) is 10.0 Å². The van der Waals surface area contributed by atoms with Gasteiger partial charge in [-0.25, -0.2) is 9.59 Å². The number of benzene rings is 2. The second-order valence-electron chi connectivity index (χ2n) is 8.41. The number of ketones is 1. The molecule has 1 aliphatic carbocycles. The minimum Gasteiger partial charge on any atom is -0.493 e. The largest absolute Gasteiger partial charge is 0.493 e. The third kappa shape index (κ3) is 4.72.